The molecule has 0 spiro atoms. The van der Waals surface area contributed by atoms with Crippen LogP contribution in [0.4, 0.5) is 0 Å². The van der Waals surface area contributed by atoms with E-state index in [1.165, 1.54) is 0 Å². The smallest absolute Gasteiger partial charge is 0.0534 e. The SMILES string of the molecule is NC1CCS(=O)c2cc(Cl)cc(Cl)c21. The molecule has 14 heavy (non-hydrogen) atoms. The topological polar surface area (TPSA) is 43.1 Å². The number of halogens is 2. The zero-order valence-corrected chi connectivity index (χ0v) is 9.62. The van der Waals surface area contributed by atoms with Crippen LogP contribution in [-0.4, -0.2) is 9.96 Å². The Balaban J connectivity index is 2.66. The average molecular weight is 250 g/mol. The zero-order valence-electron chi connectivity index (χ0n) is 7.30. The second-order valence-corrected chi connectivity index (χ2v) is 5.63. The lowest BCUT2D eigenvalue weighted by Gasteiger charge is -2.22. The number of hydrogen-bond donors (Lipinski definition) is 1. The van der Waals surface area contributed by atoms with Gasteiger partial charge in [-0.1, -0.05) is 23.2 Å². The molecule has 0 fully saturated rings. The van der Waals surface area contributed by atoms with Gasteiger partial charge < -0.3 is 5.73 Å². The molecule has 0 aliphatic carbocycles. The first-order valence-electron chi connectivity index (χ1n) is 4.22. The maximum atomic E-state index is 11.7. The molecule has 76 valence electrons. The van der Waals surface area contributed by atoms with Crippen molar-refractivity contribution in [2.75, 3.05) is 5.75 Å². The van der Waals surface area contributed by atoms with Crippen molar-refractivity contribution in [3.05, 3.63) is 27.7 Å². The van der Waals surface area contributed by atoms with Gasteiger partial charge in [0.25, 0.3) is 0 Å². The van der Waals surface area contributed by atoms with E-state index in [1.807, 2.05) is 0 Å². The first-order valence-corrected chi connectivity index (χ1v) is 6.30. The molecule has 0 bridgehead atoms. The number of benzene rings is 1. The number of nitrogens with two attached hydrogens (primary N) is 1. The van der Waals surface area contributed by atoms with Gasteiger partial charge in [-0.3, -0.25) is 4.21 Å². The van der Waals surface area contributed by atoms with Crippen LogP contribution in [0.25, 0.3) is 0 Å². The summed E-state index contributed by atoms with van der Waals surface area (Å²) in [5, 5.41) is 1.03. The third-order valence-corrected chi connectivity index (χ3v) is 4.25. The van der Waals surface area contributed by atoms with Crippen LogP contribution in [0.15, 0.2) is 17.0 Å². The van der Waals surface area contributed by atoms with E-state index in [1.54, 1.807) is 12.1 Å². The Labute approximate surface area is 94.8 Å². The van der Waals surface area contributed by atoms with Crippen LogP contribution < -0.4 is 5.73 Å². The molecule has 1 heterocycles. The third kappa shape index (κ3) is 1.70. The van der Waals surface area contributed by atoms with Crippen molar-refractivity contribution >= 4 is 34.0 Å². The lowest BCUT2D eigenvalue weighted by Crippen LogP contribution is -2.22. The van der Waals surface area contributed by atoms with Crippen molar-refractivity contribution in [1.82, 2.24) is 0 Å². The summed E-state index contributed by atoms with van der Waals surface area (Å²) in [4.78, 5) is 0.696. The summed E-state index contributed by atoms with van der Waals surface area (Å²) in [5.41, 5.74) is 6.69. The summed E-state index contributed by atoms with van der Waals surface area (Å²) in [6, 6.07) is 3.22. The lowest BCUT2D eigenvalue weighted by atomic mass is 10.1. The Morgan fingerprint density at radius 3 is 2.86 bits per heavy atom. The maximum Gasteiger partial charge on any atom is 0.0534 e. The molecule has 2 nitrogen and oxygen atoms in total. The summed E-state index contributed by atoms with van der Waals surface area (Å²) >= 11 is 11.8. The highest BCUT2D eigenvalue weighted by Crippen LogP contribution is 2.36. The normalized spacial score (nSPS) is 25.9. The maximum absolute atomic E-state index is 11.7. The Hall–Kier alpha value is -0.0900. The van der Waals surface area contributed by atoms with Crippen molar-refractivity contribution in [1.29, 1.82) is 0 Å². The van der Waals surface area contributed by atoms with Gasteiger partial charge >= 0.3 is 0 Å². The van der Waals surface area contributed by atoms with Crippen molar-refractivity contribution < 1.29 is 4.21 Å². The molecule has 2 atom stereocenters. The van der Waals surface area contributed by atoms with E-state index in [2.05, 4.69) is 0 Å². The molecular weight excluding hydrogens is 241 g/mol. The fraction of sp³-hybridized carbons (Fsp3) is 0.333. The predicted octanol–water partition coefficient (Wildman–Crippen LogP) is 2.50. The molecule has 0 aromatic heterocycles. The molecular formula is C9H9Cl2NOS. The van der Waals surface area contributed by atoms with Gasteiger partial charge in [-0.15, -0.1) is 0 Å². The molecule has 1 aliphatic heterocycles. The van der Waals surface area contributed by atoms with Gasteiger partial charge in [0.1, 0.15) is 0 Å². The van der Waals surface area contributed by atoms with Crippen molar-refractivity contribution in [3.8, 4) is 0 Å². The highest BCUT2D eigenvalue weighted by atomic mass is 35.5. The minimum absolute atomic E-state index is 0.118. The Kier molecular flexibility index (Phi) is 2.84. The number of fused-ring (bicyclic) bond motifs is 1. The van der Waals surface area contributed by atoms with Gasteiger partial charge in [-0.05, 0) is 18.6 Å². The van der Waals surface area contributed by atoms with Crippen LogP contribution in [0.5, 0.6) is 0 Å². The van der Waals surface area contributed by atoms with Crippen LogP contribution in [-0.2, 0) is 10.8 Å². The summed E-state index contributed by atoms with van der Waals surface area (Å²) in [5.74, 6) is 0.588. The van der Waals surface area contributed by atoms with Crippen LogP contribution in [0.2, 0.25) is 10.0 Å². The molecule has 0 saturated carbocycles. The average Bonchev–Trinajstić information content (AvgIpc) is 2.10. The van der Waals surface area contributed by atoms with E-state index >= 15 is 0 Å². The summed E-state index contributed by atoms with van der Waals surface area (Å²) < 4.78 is 11.7. The molecule has 5 heteroatoms. The zero-order chi connectivity index (χ0) is 10.3. The Bertz CT molecular complexity index is 408. The van der Waals surface area contributed by atoms with Crippen LogP contribution in [0.3, 0.4) is 0 Å². The van der Waals surface area contributed by atoms with E-state index in [0.29, 0.717) is 27.1 Å². The van der Waals surface area contributed by atoms with E-state index in [-0.39, 0.29) is 6.04 Å². The van der Waals surface area contributed by atoms with Gasteiger partial charge in [0.05, 0.1) is 10.8 Å². The summed E-state index contributed by atoms with van der Waals surface area (Å²) in [7, 11) is -1.01. The second kappa shape index (κ2) is 3.81. The lowest BCUT2D eigenvalue weighted by molar-refractivity contribution is 0.637. The highest BCUT2D eigenvalue weighted by Gasteiger charge is 2.25. The first kappa shape index (κ1) is 10.4. The fourth-order valence-corrected chi connectivity index (χ4v) is 3.80. The van der Waals surface area contributed by atoms with Crippen molar-refractivity contribution in [3.63, 3.8) is 0 Å². The summed E-state index contributed by atoms with van der Waals surface area (Å²) in [6.07, 6.45) is 0.709. The molecule has 2 unspecified atom stereocenters. The molecule has 0 saturated heterocycles. The molecule has 1 aromatic rings. The molecule has 0 radical (unpaired) electrons. The molecule has 1 aliphatic rings. The van der Waals surface area contributed by atoms with Crippen LogP contribution >= 0.6 is 23.2 Å². The standard InChI is InChI=1S/C9H9Cl2NOS/c10-5-3-6(11)9-7(12)1-2-14(13)8(9)4-5/h3-4,7H,1-2,12H2. The van der Waals surface area contributed by atoms with Crippen LogP contribution in [0, 0.1) is 0 Å². The number of rotatable bonds is 0. The van der Waals surface area contributed by atoms with Gasteiger partial charge in [-0.2, -0.15) is 0 Å². The summed E-state index contributed by atoms with van der Waals surface area (Å²) in [6.45, 7) is 0. The van der Waals surface area contributed by atoms with Crippen molar-refractivity contribution in [2.45, 2.75) is 17.4 Å². The Morgan fingerprint density at radius 1 is 1.43 bits per heavy atom. The van der Waals surface area contributed by atoms with Crippen LogP contribution in [0.1, 0.15) is 18.0 Å². The molecule has 0 amide bonds. The van der Waals surface area contributed by atoms with Gasteiger partial charge in [0.15, 0.2) is 0 Å². The minimum atomic E-state index is -1.01. The van der Waals surface area contributed by atoms with Gasteiger partial charge in [0.2, 0.25) is 0 Å². The fourth-order valence-electron chi connectivity index (χ4n) is 1.60. The highest BCUT2D eigenvalue weighted by molar-refractivity contribution is 7.85. The molecule has 2 rings (SSSR count). The quantitative estimate of drug-likeness (QED) is 0.768. The third-order valence-electron chi connectivity index (χ3n) is 2.29. The van der Waals surface area contributed by atoms with E-state index in [0.717, 1.165) is 5.56 Å². The van der Waals surface area contributed by atoms with Gasteiger partial charge in [0, 0.05) is 32.3 Å². The number of hydrogen-bond acceptors (Lipinski definition) is 2. The first-order chi connectivity index (χ1) is 6.59. The van der Waals surface area contributed by atoms with E-state index < -0.39 is 10.8 Å². The monoisotopic (exact) mass is 249 g/mol. The second-order valence-electron chi connectivity index (χ2n) is 3.24. The van der Waals surface area contributed by atoms with E-state index in [9.17, 15) is 4.21 Å². The van der Waals surface area contributed by atoms with Crippen molar-refractivity contribution in [2.24, 2.45) is 5.73 Å². The minimum Gasteiger partial charge on any atom is -0.324 e. The predicted molar refractivity (Wildman–Crippen MR) is 59.3 cm³/mol. The largest absolute Gasteiger partial charge is 0.324 e. The van der Waals surface area contributed by atoms with Gasteiger partial charge in [-0.25, -0.2) is 0 Å². The molecule has 1 aromatic carbocycles. The Morgan fingerprint density at radius 2 is 2.14 bits per heavy atom. The molecule has 2 N–H and O–H groups in total. The van der Waals surface area contributed by atoms with E-state index in [4.69, 9.17) is 28.9 Å².